The summed E-state index contributed by atoms with van der Waals surface area (Å²) in [5.74, 6) is 1.12. The van der Waals surface area contributed by atoms with Crippen molar-refractivity contribution < 1.29 is 14.3 Å². The lowest BCUT2D eigenvalue weighted by atomic mass is 9.81. The van der Waals surface area contributed by atoms with Gasteiger partial charge in [-0.3, -0.25) is 4.79 Å². The molecule has 28 heavy (non-hydrogen) atoms. The number of aryl methyl sites for hydroxylation is 1. The van der Waals surface area contributed by atoms with Gasteiger partial charge in [0.1, 0.15) is 5.75 Å². The first-order valence-corrected chi connectivity index (χ1v) is 11.0. The van der Waals surface area contributed by atoms with Gasteiger partial charge in [0.15, 0.2) is 0 Å². The van der Waals surface area contributed by atoms with Crippen LogP contribution in [0.5, 0.6) is 5.75 Å². The number of hydrogen-bond donors (Lipinski definition) is 0. The number of rotatable bonds is 5. The maximum Gasteiger partial charge on any atom is 0.222 e. The van der Waals surface area contributed by atoms with Gasteiger partial charge in [0.05, 0.1) is 12.7 Å². The molecule has 4 rings (SSSR count). The zero-order valence-corrected chi connectivity index (χ0v) is 17.2. The minimum absolute atomic E-state index is 0.00901. The molecule has 5 heteroatoms. The SMILES string of the molecule is COc1cccc(CCC(=O)N2CCC3(CC2)CC(N2CCCC2)CCO3)c1. The molecule has 0 aliphatic carbocycles. The van der Waals surface area contributed by atoms with Crippen LogP contribution in [0.1, 0.15) is 50.5 Å². The third-order valence-corrected chi connectivity index (χ3v) is 6.91. The second-order valence-electron chi connectivity index (χ2n) is 8.65. The van der Waals surface area contributed by atoms with Crippen molar-refractivity contribution in [3.8, 4) is 5.75 Å². The Morgan fingerprint density at radius 1 is 1.21 bits per heavy atom. The largest absolute Gasteiger partial charge is 0.497 e. The Hall–Kier alpha value is -1.59. The average Bonchev–Trinajstić information content (AvgIpc) is 3.28. The molecule has 154 valence electrons. The van der Waals surface area contributed by atoms with Crippen molar-refractivity contribution in [1.29, 1.82) is 0 Å². The second kappa shape index (κ2) is 8.83. The molecule has 3 aliphatic rings. The minimum atomic E-state index is 0.00901. The first-order chi connectivity index (χ1) is 13.7. The van der Waals surface area contributed by atoms with Crippen LogP contribution >= 0.6 is 0 Å². The number of carbonyl (C=O) groups is 1. The van der Waals surface area contributed by atoms with Crippen LogP contribution in [0.4, 0.5) is 0 Å². The standard InChI is InChI=1S/C23H34N2O3/c1-27-21-6-4-5-19(17-21)7-8-22(26)25-14-10-23(11-15-25)18-20(9-16-28-23)24-12-2-3-13-24/h4-6,17,20H,2-3,7-16,18H2,1H3. The maximum absolute atomic E-state index is 12.7. The zero-order chi connectivity index (χ0) is 19.4. The highest BCUT2D eigenvalue weighted by Crippen LogP contribution is 2.37. The van der Waals surface area contributed by atoms with Crippen LogP contribution in [0.3, 0.4) is 0 Å². The van der Waals surface area contributed by atoms with Crippen LogP contribution in [0.15, 0.2) is 24.3 Å². The van der Waals surface area contributed by atoms with Gasteiger partial charge in [-0.15, -0.1) is 0 Å². The predicted molar refractivity (Wildman–Crippen MR) is 110 cm³/mol. The molecule has 1 amide bonds. The lowest BCUT2D eigenvalue weighted by Gasteiger charge is -2.48. The molecule has 0 aromatic heterocycles. The third-order valence-electron chi connectivity index (χ3n) is 6.91. The lowest BCUT2D eigenvalue weighted by molar-refractivity contribution is -0.148. The average molecular weight is 387 g/mol. The Morgan fingerprint density at radius 3 is 2.75 bits per heavy atom. The Labute approximate surface area is 169 Å². The van der Waals surface area contributed by atoms with E-state index in [0.717, 1.165) is 56.7 Å². The fourth-order valence-corrected chi connectivity index (χ4v) is 5.17. The van der Waals surface area contributed by atoms with E-state index in [9.17, 15) is 4.79 Å². The Morgan fingerprint density at radius 2 is 2.00 bits per heavy atom. The molecule has 3 saturated heterocycles. The number of nitrogens with zero attached hydrogens (tertiary/aromatic N) is 2. The summed E-state index contributed by atoms with van der Waals surface area (Å²) in [7, 11) is 1.68. The highest BCUT2D eigenvalue weighted by atomic mass is 16.5. The number of methoxy groups -OCH3 is 1. The molecule has 1 atom stereocenters. The van der Waals surface area contributed by atoms with Crippen molar-refractivity contribution in [2.75, 3.05) is 39.9 Å². The van der Waals surface area contributed by atoms with Gasteiger partial charge in [0.2, 0.25) is 5.91 Å². The van der Waals surface area contributed by atoms with Gasteiger partial charge in [-0.05, 0) is 75.7 Å². The Bertz CT molecular complexity index is 664. The predicted octanol–water partition coefficient (Wildman–Crippen LogP) is 3.26. The van der Waals surface area contributed by atoms with Crippen LogP contribution in [0.2, 0.25) is 0 Å². The van der Waals surface area contributed by atoms with E-state index in [-0.39, 0.29) is 11.5 Å². The molecule has 1 aromatic carbocycles. The van der Waals surface area contributed by atoms with E-state index in [1.807, 2.05) is 23.1 Å². The normalized spacial score (nSPS) is 25.2. The quantitative estimate of drug-likeness (QED) is 0.779. The summed E-state index contributed by atoms with van der Waals surface area (Å²) in [6, 6.07) is 8.70. The first kappa shape index (κ1) is 19.7. The summed E-state index contributed by atoms with van der Waals surface area (Å²) < 4.78 is 11.6. The second-order valence-corrected chi connectivity index (χ2v) is 8.65. The van der Waals surface area contributed by atoms with Crippen molar-refractivity contribution in [2.45, 2.75) is 63.0 Å². The van der Waals surface area contributed by atoms with E-state index in [1.165, 1.54) is 32.4 Å². The smallest absolute Gasteiger partial charge is 0.222 e. The van der Waals surface area contributed by atoms with Crippen LogP contribution in [0, 0.1) is 0 Å². The van der Waals surface area contributed by atoms with E-state index < -0.39 is 0 Å². The molecule has 0 bridgehead atoms. The van der Waals surface area contributed by atoms with Crippen LogP contribution in [-0.2, 0) is 16.0 Å². The molecule has 3 aliphatic heterocycles. The first-order valence-electron chi connectivity index (χ1n) is 11.0. The highest BCUT2D eigenvalue weighted by Gasteiger charge is 2.42. The van der Waals surface area contributed by atoms with Gasteiger partial charge in [0.25, 0.3) is 0 Å². The molecule has 1 unspecified atom stereocenters. The van der Waals surface area contributed by atoms with Crippen LogP contribution in [0.25, 0.3) is 0 Å². The molecule has 3 heterocycles. The number of amides is 1. The van der Waals surface area contributed by atoms with Crippen molar-refractivity contribution >= 4 is 5.91 Å². The van der Waals surface area contributed by atoms with Gasteiger partial charge in [0, 0.05) is 32.2 Å². The van der Waals surface area contributed by atoms with E-state index in [1.54, 1.807) is 7.11 Å². The van der Waals surface area contributed by atoms with Crippen LogP contribution < -0.4 is 4.74 Å². The van der Waals surface area contributed by atoms with Crippen molar-refractivity contribution in [1.82, 2.24) is 9.80 Å². The number of piperidine rings is 1. The van der Waals surface area contributed by atoms with Crippen molar-refractivity contribution in [3.63, 3.8) is 0 Å². The molecule has 3 fully saturated rings. The summed E-state index contributed by atoms with van der Waals surface area (Å²) in [4.78, 5) is 17.4. The van der Waals surface area contributed by atoms with Crippen LogP contribution in [-0.4, -0.2) is 67.2 Å². The Kier molecular flexibility index (Phi) is 6.22. The molecular formula is C23H34N2O3. The van der Waals surface area contributed by atoms with Gasteiger partial charge in [-0.25, -0.2) is 0 Å². The maximum atomic E-state index is 12.7. The molecule has 0 N–H and O–H groups in total. The zero-order valence-electron chi connectivity index (χ0n) is 17.2. The van der Waals surface area contributed by atoms with Gasteiger partial charge in [-0.2, -0.15) is 0 Å². The van der Waals surface area contributed by atoms with Gasteiger partial charge >= 0.3 is 0 Å². The highest BCUT2D eigenvalue weighted by molar-refractivity contribution is 5.76. The van der Waals surface area contributed by atoms with E-state index in [2.05, 4.69) is 11.0 Å². The summed E-state index contributed by atoms with van der Waals surface area (Å²) >= 11 is 0. The summed E-state index contributed by atoms with van der Waals surface area (Å²) in [6.07, 6.45) is 8.33. The fourth-order valence-electron chi connectivity index (χ4n) is 5.17. The molecular weight excluding hydrogens is 352 g/mol. The van der Waals surface area contributed by atoms with E-state index in [4.69, 9.17) is 9.47 Å². The lowest BCUT2D eigenvalue weighted by Crippen LogP contribution is -2.54. The molecule has 1 aromatic rings. The van der Waals surface area contributed by atoms with Gasteiger partial charge < -0.3 is 19.3 Å². The molecule has 1 spiro atoms. The molecule has 5 nitrogen and oxygen atoms in total. The van der Waals surface area contributed by atoms with E-state index >= 15 is 0 Å². The van der Waals surface area contributed by atoms with Crippen molar-refractivity contribution in [3.05, 3.63) is 29.8 Å². The molecule has 0 saturated carbocycles. The third kappa shape index (κ3) is 4.52. The molecule has 0 radical (unpaired) electrons. The fraction of sp³-hybridized carbons (Fsp3) is 0.696. The Balaban J connectivity index is 1.26. The van der Waals surface area contributed by atoms with Gasteiger partial charge in [-0.1, -0.05) is 12.1 Å². The minimum Gasteiger partial charge on any atom is -0.497 e. The topological polar surface area (TPSA) is 42.0 Å². The van der Waals surface area contributed by atoms with Crippen molar-refractivity contribution in [2.24, 2.45) is 0 Å². The van der Waals surface area contributed by atoms with E-state index in [0.29, 0.717) is 12.5 Å². The monoisotopic (exact) mass is 386 g/mol. The number of benzene rings is 1. The summed E-state index contributed by atoms with van der Waals surface area (Å²) in [5, 5.41) is 0. The summed E-state index contributed by atoms with van der Waals surface area (Å²) in [6.45, 7) is 5.07. The summed E-state index contributed by atoms with van der Waals surface area (Å²) in [5.41, 5.74) is 1.17. The number of hydrogen-bond acceptors (Lipinski definition) is 4. The number of ether oxygens (including phenoxy) is 2. The number of carbonyl (C=O) groups excluding carboxylic acids is 1. The number of likely N-dealkylation sites (tertiary alicyclic amines) is 2.